The summed E-state index contributed by atoms with van der Waals surface area (Å²) in [7, 11) is 1.50. The lowest BCUT2D eigenvalue weighted by atomic mass is 10.0. The van der Waals surface area contributed by atoms with Gasteiger partial charge in [-0.3, -0.25) is 19.0 Å². The summed E-state index contributed by atoms with van der Waals surface area (Å²) in [5.74, 6) is -2.42. The smallest absolute Gasteiger partial charge is 0.267 e. The van der Waals surface area contributed by atoms with Gasteiger partial charge in [0.1, 0.15) is 12.3 Å². The van der Waals surface area contributed by atoms with Crippen molar-refractivity contribution in [3.05, 3.63) is 101 Å². The van der Waals surface area contributed by atoms with E-state index in [9.17, 15) is 23.2 Å². The third-order valence-corrected chi connectivity index (χ3v) is 6.58. The van der Waals surface area contributed by atoms with E-state index in [1.807, 2.05) is 6.92 Å². The fraction of sp³-hybridized carbons (Fsp3) is 0.133. The summed E-state index contributed by atoms with van der Waals surface area (Å²) in [4.78, 5) is 44.2. The minimum Gasteiger partial charge on any atom is -0.497 e. The summed E-state index contributed by atoms with van der Waals surface area (Å²) in [6.45, 7) is 5.04. The first-order chi connectivity index (χ1) is 19.7. The van der Waals surface area contributed by atoms with Crippen molar-refractivity contribution in [2.75, 3.05) is 17.7 Å². The molecule has 2 aromatic heterocycles. The molecule has 0 aliphatic heterocycles. The average Bonchev–Trinajstić information content (AvgIpc) is 3.27. The highest BCUT2D eigenvalue weighted by molar-refractivity contribution is 6.02. The molecule has 0 aliphatic carbocycles. The van der Waals surface area contributed by atoms with Crippen molar-refractivity contribution >= 4 is 40.0 Å². The Morgan fingerprint density at radius 2 is 1.80 bits per heavy atom. The molecule has 0 saturated carbocycles. The monoisotopic (exact) mass is 557 g/mol. The molecule has 0 unspecified atom stereocenters. The Morgan fingerprint density at radius 1 is 1.02 bits per heavy atom. The zero-order valence-corrected chi connectivity index (χ0v) is 22.2. The summed E-state index contributed by atoms with van der Waals surface area (Å²) in [6, 6.07) is 15.0. The number of imidazole rings is 1. The van der Waals surface area contributed by atoms with Crippen LogP contribution in [0.4, 0.5) is 20.2 Å². The van der Waals surface area contributed by atoms with Gasteiger partial charge in [0, 0.05) is 29.1 Å². The van der Waals surface area contributed by atoms with E-state index in [0.29, 0.717) is 45.7 Å². The molecule has 0 radical (unpaired) electrons. The summed E-state index contributed by atoms with van der Waals surface area (Å²) in [6.07, 6.45) is 1.51. The maximum absolute atomic E-state index is 14.2. The van der Waals surface area contributed by atoms with Crippen molar-refractivity contribution < 1.29 is 23.1 Å². The van der Waals surface area contributed by atoms with Crippen LogP contribution in [0.25, 0.3) is 27.9 Å². The number of nitrogens with one attached hydrogen (secondary N) is 2. The van der Waals surface area contributed by atoms with Gasteiger partial charge in [0.15, 0.2) is 11.6 Å². The van der Waals surface area contributed by atoms with Gasteiger partial charge in [-0.2, -0.15) is 0 Å². The number of aryl methyl sites for hydroxylation is 1. The van der Waals surface area contributed by atoms with Crippen LogP contribution in [0.5, 0.6) is 5.75 Å². The van der Waals surface area contributed by atoms with Crippen LogP contribution in [-0.2, 0) is 22.6 Å². The van der Waals surface area contributed by atoms with E-state index in [1.165, 1.54) is 17.6 Å². The Labute approximate surface area is 232 Å². The van der Waals surface area contributed by atoms with Gasteiger partial charge in [0.2, 0.25) is 17.6 Å². The van der Waals surface area contributed by atoms with Crippen LogP contribution in [0.2, 0.25) is 0 Å². The lowest BCUT2D eigenvalue weighted by molar-refractivity contribution is -0.116. The maximum Gasteiger partial charge on any atom is 0.267 e. The third kappa shape index (κ3) is 5.05. The predicted octanol–water partition coefficient (Wildman–Crippen LogP) is 4.93. The van der Waals surface area contributed by atoms with Gasteiger partial charge >= 0.3 is 0 Å². The molecule has 11 heteroatoms. The molecule has 3 aromatic carbocycles. The highest BCUT2D eigenvalue weighted by Gasteiger charge is 2.23. The molecule has 0 atom stereocenters. The van der Waals surface area contributed by atoms with Gasteiger partial charge in [0.05, 0.1) is 29.4 Å². The molecule has 0 bridgehead atoms. The van der Waals surface area contributed by atoms with Crippen molar-refractivity contribution in [2.24, 2.45) is 0 Å². The maximum atomic E-state index is 14.2. The van der Waals surface area contributed by atoms with Gasteiger partial charge in [-0.25, -0.2) is 18.2 Å². The quantitative estimate of drug-likeness (QED) is 0.263. The van der Waals surface area contributed by atoms with Gasteiger partial charge in [-0.05, 0) is 42.8 Å². The second-order valence-corrected chi connectivity index (χ2v) is 9.08. The first kappa shape index (κ1) is 27.3. The van der Waals surface area contributed by atoms with Crippen LogP contribution in [0.3, 0.4) is 0 Å². The molecule has 0 aliphatic rings. The summed E-state index contributed by atoms with van der Waals surface area (Å²) < 4.78 is 35.4. The Morgan fingerprint density at radius 3 is 2.51 bits per heavy atom. The van der Waals surface area contributed by atoms with Crippen LogP contribution in [-0.4, -0.2) is 32.9 Å². The second-order valence-electron chi connectivity index (χ2n) is 9.08. The molecular formula is C30H25F2N5O4. The van der Waals surface area contributed by atoms with E-state index in [4.69, 9.17) is 9.72 Å². The highest BCUT2D eigenvalue weighted by Crippen LogP contribution is 2.31. The molecule has 0 fully saturated rings. The minimum atomic E-state index is -1.10. The molecule has 5 aromatic rings. The van der Waals surface area contributed by atoms with Crippen molar-refractivity contribution in [1.82, 2.24) is 14.0 Å². The third-order valence-electron chi connectivity index (χ3n) is 6.58. The number of halogens is 2. The normalized spacial score (nSPS) is 11.0. The molecular weight excluding hydrogens is 532 g/mol. The van der Waals surface area contributed by atoms with E-state index in [0.717, 1.165) is 18.2 Å². The number of carbonyl (C=O) groups excluding carboxylic acids is 2. The molecule has 41 heavy (non-hydrogen) atoms. The minimum absolute atomic E-state index is 0.0760. The number of benzene rings is 3. The lowest BCUT2D eigenvalue weighted by Gasteiger charge is -2.14. The zero-order chi connectivity index (χ0) is 29.3. The molecule has 0 saturated heterocycles. The van der Waals surface area contributed by atoms with E-state index in [2.05, 4.69) is 17.2 Å². The molecule has 208 valence electrons. The fourth-order valence-corrected chi connectivity index (χ4v) is 4.69. The van der Waals surface area contributed by atoms with Crippen LogP contribution < -0.4 is 20.9 Å². The first-order valence-electron chi connectivity index (χ1n) is 12.6. The van der Waals surface area contributed by atoms with Crippen LogP contribution >= 0.6 is 0 Å². The Kier molecular flexibility index (Phi) is 7.34. The summed E-state index contributed by atoms with van der Waals surface area (Å²) in [5, 5.41) is 5.30. The zero-order valence-electron chi connectivity index (χ0n) is 22.2. The Bertz CT molecular complexity index is 1910. The number of carbonyl (C=O) groups is 2. The van der Waals surface area contributed by atoms with E-state index >= 15 is 0 Å². The molecule has 2 amide bonds. The number of hydrogen-bond donors (Lipinski definition) is 2. The summed E-state index contributed by atoms with van der Waals surface area (Å²) in [5.41, 5.74) is 2.28. The molecule has 0 spiro atoms. The van der Waals surface area contributed by atoms with Gasteiger partial charge in [0.25, 0.3) is 5.56 Å². The van der Waals surface area contributed by atoms with Crippen LogP contribution in [0.15, 0.2) is 78.1 Å². The van der Waals surface area contributed by atoms with E-state index in [1.54, 1.807) is 47.0 Å². The topological polar surface area (TPSA) is 107 Å². The number of amides is 2. The van der Waals surface area contributed by atoms with Crippen molar-refractivity contribution in [3.8, 4) is 16.9 Å². The molecule has 5 rings (SSSR count). The van der Waals surface area contributed by atoms with Crippen molar-refractivity contribution in [2.45, 2.75) is 19.9 Å². The van der Waals surface area contributed by atoms with Gasteiger partial charge in [-0.1, -0.05) is 31.7 Å². The molecule has 2 N–H and O–H groups in total. The standard InChI is InChI=1S/C30H25F2N5O4/c1-4-22-28(19-8-6-7-9-23(19)34-26(38)5-2)29(40)37-24-13-11-18(41-3)15-25(24)36(30(37)35-22)16-27(39)33-17-10-12-20(31)21(32)14-17/h5-15H,2,4,16H2,1,3H3,(H,33,39)(H,34,38). The van der Waals surface area contributed by atoms with Crippen LogP contribution in [0.1, 0.15) is 12.6 Å². The van der Waals surface area contributed by atoms with E-state index < -0.39 is 29.0 Å². The largest absolute Gasteiger partial charge is 0.497 e. The highest BCUT2D eigenvalue weighted by atomic mass is 19.2. The predicted molar refractivity (Wildman–Crippen MR) is 152 cm³/mol. The number of rotatable bonds is 8. The summed E-state index contributed by atoms with van der Waals surface area (Å²) >= 11 is 0. The first-order valence-corrected chi connectivity index (χ1v) is 12.6. The SMILES string of the molecule is C=CC(=O)Nc1ccccc1-c1c(CC)nc2n(CC(=O)Nc3ccc(F)c(F)c3)c3cc(OC)ccc3n2c1=O. The van der Waals surface area contributed by atoms with Gasteiger partial charge in [-0.15, -0.1) is 0 Å². The van der Waals surface area contributed by atoms with Crippen LogP contribution in [0, 0.1) is 11.6 Å². The number of methoxy groups -OCH3 is 1. The molecule has 2 heterocycles. The number of para-hydroxylation sites is 1. The average molecular weight is 558 g/mol. The van der Waals surface area contributed by atoms with Gasteiger partial charge < -0.3 is 15.4 Å². The number of nitrogens with zero attached hydrogens (tertiary/aromatic N) is 3. The number of hydrogen-bond acceptors (Lipinski definition) is 5. The Balaban J connectivity index is 1.71. The molecule has 9 nitrogen and oxygen atoms in total. The van der Waals surface area contributed by atoms with Crippen molar-refractivity contribution in [3.63, 3.8) is 0 Å². The van der Waals surface area contributed by atoms with Crippen molar-refractivity contribution in [1.29, 1.82) is 0 Å². The Hall–Kier alpha value is -5.32. The fourth-order valence-electron chi connectivity index (χ4n) is 4.69. The number of ether oxygens (including phenoxy) is 1. The number of anilines is 2. The number of aromatic nitrogens is 3. The van der Waals surface area contributed by atoms with E-state index in [-0.39, 0.29) is 18.0 Å². The lowest BCUT2D eigenvalue weighted by Crippen LogP contribution is -2.23. The second kappa shape index (κ2) is 11.0. The number of fused-ring (bicyclic) bond motifs is 3.